The molecule has 0 aromatic rings. The smallest absolute Gasteiger partial charge is 0.323 e. The van der Waals surface area contributed by atoms with Crippen molar-refractivity contribution >= 4 is 11.9 Å². The van der Waals surface area contributed by atoms with E-state index in [-0.39, 0.29) is 24.6 Å². The van der Waals surface area contributed by atoms with Crippen LogP contribution in [0.15, 0.2) is 0 Å². The first-order chi connectivity index (χ1) is 8.50. The van der Waals surface area contributed by atoms with Gasteiger partial charge in [-0.1, -0.05) is 0 Å². The van der Waals surface area contributed by atoms with E-state index in [4.69, 9.17) is 9.84 Å². The summed E-state index contributed by atoms with van der Waals surface area (Å²) < 4.78 is 5.56. The van der Waals surface area contributed by atoms with E-state index in [9.17, 15) is 9.59 Å². The standard InChI is InChI=1S/C13H23NO4/c1-10(2)14(9-13(16)17)12(15)7-6-11-5-3-4-8-18-11/h10-11H,3-9H2,1-2H3,(H,16,17). The van der Waals surface area contributed by atoms with Gasteiger partial charge in [0.15, 0.2) is 0 Å². The largest absolute Gasteiger partial charge is 0.480 e. The Hall–Kier alpha value is -1.10. The van der Waals surface area contributed by atoms with Gasteiger partial charge in [-0.05, 0) is 39.5 Å². The highest BCUT2D eigenvalue weighted by atomic mass is 16.5. The molecule has 18 heavy (non-hydrogen) atoms. The Morgan fingerprint density at radius 2 is 2.11 bits per heavy atom. The first-order valence-electron chi connectivity index (χ1n) is 6.63. The van der Waals surface area contributed by atoms with E-state index in [1.807, 2.05) is 13.8 Å². The van der Waals surface area contributed by atoms with Crippen LogP contribution in [0.1, 0.15) is 46.0 Å². The van der Waals surface area contributed by atoms with Crippen LogP contribution in [0.25, 0.3) is 0 Å². The maximum absolute atomic E-state index is 12.0. The first kappa shape index (κ1) is 15.0. The fourth-order valence-corrected chi connectivity index (χ4v) is 2.17. The fraction of sp³-hybridized carbons (Fsp3) is 0.846. The molecule has 0 spiro atoms. The van der Waals surface area contributed by atoms with E-state index in [2.05, 4.69) is 0 Å². The number of carboxylic acid groups (broad SMARTS) is 1. The zero-order chi connectivity index (χ0) is 13.5. The second kappa shape index (κ2) is 7.36. The molecule has 0 aliphatic carbocycles. The maximum Gasteiger partial charge on any atom is 0.323 e. The molecule has 1 unspecified atom stereocenters. The van der Waals surface area contributed by atoms with Gasteiger partial charge >= 0.3 is 5.97 Å². The van der Waals surface area contributed by atoms with Gasteiger partial charge in [0.05, 0.1) is 6.10 Å². The average molecular weight is 257 g/mol. The number of amides is 1. The highest BCUT2D eigenvalue weighted by Gasteiger charge is 2.21. The number of carbonyl (C=O) groups is 2. The topological polar surface area (TPSA) is 66.8 Å². The molecule has 0 aromatic carbocycles. The molecule has 0 aromatic heterocycles. The minimum Gasteiger partial charge on any atom is -0.480 e. The van der Waals surface area contributed by atoms with Gasteiger partial charge in [0.1, 0.15) is 6.54 Å². The van der Waals surface area contributed by atoms with Crippen molar-refractivity contribution in [2.75, 3.05) is 13.2 Å². The Morgan fingerprint density at radius 1 is 1.39 bits per heavy atom. The second-order valence-corrected chi connectivity index (χ2v) is 5.04. The second-order valence-electron chi connectivity index (χ2n) is 5.04. The number of ether oxygens (including phenoxy) is 1. The molecule has 1 heterocycles. The molecule has 5 heteroatoms. The van der Waals surface area contributed by atoms with E-state index in [0.717, 1.165) is 25.9 Å². The van der Waals surface area contributed by atoms with Crippen molar-refractivity contribution in [1.82, 2.24) is 4.90 Å². The van der Waals surface area contributed by atoms with Gasteiger partial charge in [0.25, 0.3) is 0 Å². The van der Waals surface area contributed by atoms with Gasteiger partial charge in [-0.25, -0.2) is 0 Å². The quantitative estimate of drug-likeness (QED) is 0.785. The highest BCUT2D eigenvalue weighted by Crippen LogP contribution is 2.17. The van der Waals surface area contributed by atoms with Crippen LogP contribution in [0, 0.1) is 0 Å². The summed E-state index contributed by atoms with van der Waals surface area (Å²) in [5.41, 5.74) is 0. The van der Waals surface area contributed by atoms with Crippen LogP contribution in [-0.2, 0) is 14.3 Å². The summed E-state index contributed by atoms with van der Waals surface area (Å²) >= 11 is 0. The predicted octanol–water partition coefficient (Wildman–Crippen LogP) is 1.66. The van der Waals surface area contributed by atoms with Crippen molar-refractivity contribution < 1.29 is 19.4 Å². The van der Waals surface area contributed by atoms with Gasteiger partial charge in [-0.3, -0.25) is 9.59 Å². The fourth-order valence-electron chi connectivity index (χ4n) is 2.17. The van der Waals surface area contributed by atoms with Crippen LogP contribution < -0.4 is 0 Å². The molecule has 1 N–H and O–H groups in total. The Morgan fingerprint density at radius 3 is 2.61 bits per heavy atom. The van der Waals surface area contributed by atoms with Crippen LogP contribution in [0.3, 0.4) is 0 Å². The Kier molecular flexibility index (Phi) is 6.12. The van der Waals surface area contributed by atoms with Gasteiger partial charge < -0.3 is 14.7 Å². The number of hydrogen-bond acceptors (Lipinski definition) is 3. The van der Waals surface area contributed by atoms with E-state index >= 15 is 0 Å². The predicted molar refractivity (Wildman–Crippen MR) is 67.3 cm³/mol. The van der Waals surface area contributed by atoms with Gasteiger partial charge in [-0.15, -0.1) is 0 Å². The molecule has 1 atom stereocenters. The third kappa shape index (κ3) is 5.04. The van der Waals surface area contributed by atoms with Crippen molar-refractivity contribution in [2.24, 2.45) is 0 Å². The van der Waals surface area contributed by atoms with E-state index in [0.29, 0.717) is 12.8 Å². The molecule has 1 saturated heterocycles. The summed E-state index contributed by atoms with van der Waals surface area (Å²) in [6, 6.07) is -0.0825. The number of rotatable bonds is 6. The summed E-state index contributed by atoms with van der Waals surface area (Å²) in [4.78, 5) is 24.1. The summed E-state index contributed by atoms with van der Waals surface area (Å²) in [6.45, 7) is 4.22. The maximum atomic E-state index is 12.0. The van der Waals surface area contributed by atoms with Crippen LogP contribution in [0.4, 0.5) is 0 Å². The third-order valence-corrected chi connectivity index (χ3v) is 3.20. The molecule has 1 aliphatic heterocycles. The number of carboxylic acids is 1. The average Bonchev–Trinajstić information content (AvgIpc) is 2.34. The van der Waals surface area contributed by atoms with Crippen LogP contribution in [0.5, 0.6) is 0 Å². The Labute approximate surface area is 108 Å². The van der Waals surface area contributed by atoms with Gasteiger partial charge in [-0.2, -0.15) is 0 Å². The lowest BCUT2D eigenvalue weighted by Gasteiger charge is -2.27. The molecule has 0 radical (unpaired) electrons. The first-order valence-corrected chi connectivity index (χ1v) is 6.63. The van der Waals surface area contributed by atoms with Crippen molar-refractivity contribution in [3.05, 3.63) is 0 Å². The van der Waals surface area contributed by atoms with Crippen molar-refractivity contribution in [3.8, 4) is 0 Å². The third-order valence-electron chi connectivity index (χ3n) is 3.20. The van der Waals surface area contributed by atoms with Crippen LogP contribution >= 0.6 is 0 Å². The summed E-state index contributed by atoms with van der Waals surface area (Å²) in [5.74, 6) is -1.06. The number of hydrogen-bond donors (Lipinski definition) is 1. The SMILES string of the molecule is CC(C)N(CC(=O)O)C(=O)CCC1CCCCO1. The van der Waals surface area contributed by atoms with E-state index in [1.165, 1.54) is 4.90 Å². The molecule has 104 valence electrons. The highest BCUT2D eigenvalue weighted by molar-refractivity contribution is 5.81. The molecule has 0 saturated carbocycles. The molecule has 0 bridgehead atoms. The van der Waals surface area contributed by atoms with Gasteiger partial charge in [0.2, 0.25) is 5.91 Å². The van der Waals surface area contributed by atoms with Crippen LogP contribution in [-0.4, -0.2) is 47.2 Å². The molecule has 5 nitrogen and oxygen atoms in total. The number of aliphatic carboxylic acids is 1. The van der Waals surface area contributed by atoms with Crippen molar-refractivity contribution in [3.63, 3.8) is 0 Å². The molecule has 1 fully saturated rings. The molecule has 1 amide bonds. The zero-order valence-electron chi connectivity index (χ0n) is 11.2. The lowest BCUT2D eigenvalue weighted by molar-refractivity contribution is -0.146. The normalized spacial score (nSPS) is 19.8. The molecule has 1 aliphatic rings. The van der Waals surface area contributed by atoms with E-state index < -0.39 is 5.97 Å². The summed E-state index contributed by atoms with van der Waals surface area (Å²) in [6.07, 6.45) is 4.50. The zero-order valence-corrected chi connectivity index (χ0v) is 11.2. The monoisotopic (exact) mass is 257 g/mol. The van der Waals surface area contributed by atoms with E-state index in [1.54, 1.807) is 0 Å². The minimum atomic E-state index is -0.967. The molecular formula is C13H23NO4. The lowest BCUT2D eigenvalue weighted by Crippen LogP contribution is -2.41. The molecular weight excluding hydrogens is 234 g/mol. The summed E-state index contributed by atoms with van der Waals surface area (Å²) in [5, 5.41) is 8.78. The molecule has 1 rings (SSSR count). The number of carbonyl (C=O) groups excluding carboxylic acids is 1. The van der Waals surface area contributed by atoms with Crippen LogP contribution in [0.2, 0.25) is 0 Å². The van der Waals surface area contributed by atoms with Crippen molar-refractivity contribution in [1.29, 1.82) is 0 Å². The Balaban J connectivity index is 2.38. The number of nitrogens with zero attached hydrogens (tertiary/aromatic N) is 1. The van der Waals surface area contributed by atoms with Gasteiger partial charge in [0, 0.05) is 19.1 Å². The summed E-state index contributed by atoms with van der Waals surface area (Å²) in [7, 11) is 0. The lowest BCUT2D eigenvalue weighted by atomic mass is 10.0. The Bertz CT molecular complexity index is 285. The minimum absolute atomic E-state index is 0.0825. The van der Waals surface area contributed by atoms with Crippen molar-refractivity contribution in [2.45, 2.75) is 58.1 Å².